The molecule has 0 aromatic heterocycles. The number of thiol groups is 1. The first-order valence-corrected chi connectivity index (χ1v) is 6.91. The van der Waals surface area contributed by atoms with Gasteiger partial charge in [0.1, 0.15) is 0 Å². The van der Waals surface area contributed by atoms with Crippen LogP contribution in [0.2, 0.25) is 0 Å². The molecule has 1 aliphatic heterocycles. The highest BCUT2D eigenvalue weighted by Crippen LogP contribution is 2.33. The third-order valence-electron chi connectivity index (χ3n) is 1.48. The second kappa shape index (κ2) is 4.11. The van der Waals surface area contributed by atoms with Crippen molar-refractivity contribution in [3.05, 3.63) is 23.0 Å². The van der Waals surface area contributed by atoms with Crippen LogP contribution in [0.4, 0.5) is 0 Å². The summed E-state index contributed by atoms with van der Waals surface area (Å²) < 4.78 is 29.1. The zero-order valence-electron chi connectivity index (χ0n) is 6.55. The van der Waals surface area contributed by atoms with Gasteiger partial charge >= 0.3 is 0 Å². The molecule has 3 nitrogen and oxygen atoms in total. The Hall–Kier alpha value is -0.260. The molecule has 0 saturated carbocycles. The molecule has 70 valence electrons. The van der Waals surface area contributed by atoms with Gasteiger partial charge in [0.25, 0.3) is 10.1 Å². The van der Waals surface area contributed by atoms with E-state index in [4.69, 9.17) is 4.55 Å². The molecule has 5 heteroatoms. The van der Waals surface area contributed by atoms with Crippen molar-refractivity contribution < 1.29 is 13.0 Å². The highest BCUT2D eigenvalue weighted by atomic mass is 32.2. The first kappa shape index (κ1) is 9.83. The van der Waals surface area contributed by atoms with Crippen molar-refractivity contribution in [1.29, 1.82) is 0 Å². The second-order valence-electron chi connectivity index (χ2n) is 2.56. The summed E-state index contributed by atoms with van der Waals surface area (Å²) in [5.41, 5.74) is 0. The Morgan fingerprint density at radius 2 is 1.83 bits per heavy atom. The molecule has 1 N–H and O–H groups in total. The second-order valence-corrected chi connectivity index (χ2v) is 6.20. The molecule has 0 spiro atoms. The fourth-order valence-corrected chi connectivity index (χ4v) is 3.23. The summed E-state index contributed by atoms with van der Waals surface area (Å²) in [6.07, 6.45) is 4.48. The Labute approximate surface area is 75.3 Å². The van der Waals surface area contributed by atoms with Crippen LogP contribution in [0.3, 0.4) is 0 Å². The minimum atomic E-state index is -3.75. The Kier molecular flexibility index (Phi) is 3.37. The molecular formula is C7H12O3S2. The Morgan fingerprint density at radius 1 is 1.25 bits per heavy atom. The van der Waals surface area contributed by atoms with Gasteiger partial charge in [0.05, 0.1) is 5.75 Å². The Morgan fingerprint density at radius 3 is 2.33 bits per heavy atom. The molecule has 1 rings (SSSR count). The minimum absolute atomic E-state index is 0.118. The van der Waals surface area contributed by atoms with Gasteiger partial charge in [-0.3, -0.25) is 4.55 Å². The Balaban J connectivity index is 2.19. The van der Waals surface area contributed by atoms with Crippen molar-refractivity contribution in [2.45, 2.75) is 6.42 Å². The number of allylic oxidation sites excluding steroid dienone is 2. The minimum Gasteiger partial charge on any atom is -0.286 e. The van der Waals surface area contributed by atoms with E-state index in [-0.39, 0.29) is 16.6 Å². The lowest BCUT2D eigenvalue weighted by atomic mass is 10.6. The van der Waals surface area contributed by atoms with Crippen LogP contribution in [0.15, 0.2) is 23.0 Å². The summed E-state index contributed by atoms with van der Waals surface area (Å²) in [4.78, 5) is 0. The van der Waals surface area contributed by atoms with Crippen LogP contribution in [-0.4, -0.2) is 24.5 Å². The fourth-order valence-electron chi connectivity index (χ4n) is 0.949. The molecule has 0 unspecified atom stereocenters. The van der Waals surface area contributed by atoms with Gasteiger partial charge in [-0.15, -0.1) is 0 Å². The van der Waals surface area contributed by atoms with Gasteiger partial charge < -0.3 is 0 Å². The van der Waals surface area contributed by atoms with Gasteiger partial charge in [0.15, 0.2) is 0 Å². The average molecular weight is 208 g/mol. The van der Waals surface area contributed by atoms with Crippen LogP contribution in [0.25, 0.3) is 0 Å². The summed E-state index contributed by atoms with van der Waals surface area (Å²) >= 11 is 0. The van der Waals surface area contributed by atoms with Crippen molar-refractivity contribution >= 4 is 21.0 Å². The topological polar surface area (TPSA) is 54.4 Å². The molecule has 1 aliphatic rings. The van der Waals surface area contributed by atoms with Crippen LogP contribution in [0.1, 0.15) is 6.42 Å². The predicted molar refractivity (Wildman–Crippen MR) is 53.2 cm³/mol. The number of hydrogen-bond donors (Lipinski definition) is 2. The SMILES string of the molecule is O=S(=O)(O)CCC[SH]1C=CC=C1. The van der Waals surface area contributed by atoms with Crippen molar-refractivity contribution in [3.63, 3.8) is 0 Å². The molecule has 1 heterocycles. The van der Waals surface area contributed by atoms with Crippen LogP contribution >= 0.6 is 10.9 Å². The van der Waals surface area contributed by atoms with E-state index in [1.807, 2.05) is 12.2 Å². The van der Waals surface area contributed by atoms with Gasteiger partial charge in [0.2, 0.25) is 0 Å². The maximum atomic E-state index is 10.3. The van der Waals surface area contributed by atoms with E-state index in [1.54, 1.807) is 0 Å². The molecule has 0 aromatic carbocycles. The first-order valence-electron chi connectivity index (χ1n) is 3.64. The molecular weight excluding hydrogens is 196 g/mol. The molecule has 0 saturated heterocycles. The lowest BCUT2D eigenvalue weighted by Gasteiger charge is -2.07. The predicted octanol–water partition coefficient (Wildman–Crippen LogP) is 1.31. The summed E-state index contributed by atoms with van der Waals surface area (Å²) in [6, 6.07) is 0. The van der Waals surface area contributed by atoms with Gasteiger partial charge in [-0.2, -0.15) is 8.42 Å². The van der Waals surface area contributed by atoms with Crippen molar-refractivity contribution in [2.75, 3.05) is 11.5 Å². The quantitative estimate of drug-likeness (QED) is 0.541. The summed E-state index contributed by atoms with van der Waals surface area (Å²) in [7, 11) is -3.99. The van der Waals surface area contributed by atoms with E-state index in [9.17, 15) is 8.42 Å². The van der Waals surface area contributed by atoms with Gasteiger partial charge in [-0.1, -0.05) is 12.2 Å². The van der Waals surface area contributed by atoms with Crippen LogP contribution in [0.5, 0.6) is 0 Å². The average Bonchev–Trinajstić information content (AvgIpc) is 2.36. The summed E-state index contributed by atoms with van der Waals surface area (Å²) in [5.74, 6) is 0.732. The monoisotopic (exact) mass is 208 g/mol. The van der Waals surface area contributed by atoms with E-state index in [0.717, 1.165) is 5.75 Å². The van der Waals surface area contributed by atoms with Gasteiger partial charge in [-0.05, 0) is 23.0 Å². The van der Waals surface area contributed by atoms with E-state index in [1.165, 1.54) is 0 Å². The Bertz CT molecular complexity index is 278. The van der Waals surface area contributed by atoms with Crippen molar-refractivity contribution in [2.24, 2.45) is 0 Å². The first-order chi connectivity index (χ1) is 5.58. The lowest BCUT2D eigenvalue weighted by Crippen LogP contribution is -2.04. The molecule has 0 bridgehead atoms. The lowest BCUT2D eigenvalue weighted by molar-refractivity contribution is 0.482. The highest BCUT2D eigenvalue weighted by Gasteiger charge is 2.05. The van der Waals surface area contributed by atoms with E-state index < -0.39 is 10.1 Å². The molecule has 0 aliphatic carbocycles. The number of rotatable bonds is 4. The molecule has 0 amide bonds. The van der Waals surface area contributed by atoms with Crippen LogP contribution in [0, 0.1) is 0 Å². The zero-order valence-corrected chi connectivity index (χ0v) is 8.26. The van der Waals surface area contributed by atoms with Crippen LogP contribution in [-0.2, 0) is 10.1 Å². The maximum absolute atomic E-state index is 10.3. The molecule has 0 fully saturated rings. The fraction of sp³-hybridized carbons (Fsp3) is 0.429. The third kappa shape index (κ3) is 3.94. The van der Waals surface area contributed by atoms with Crippen molar-refractivity contribution in [3.8, 4) is 0 Å². The summed E-state index contributed by atoms with van der Waals surface area (Å²) in [5, 5.41) is 4.17. The molecule has 0 aromatic rings. The molecule has 12 heavy (non-hydrogen) atoms. The maximum Gasteiger partial charge on any atom is 0.264 e. The third-order valence-corrected chi connectivity index (χ3v) is 4.23. The van der Waals surface area contributed by atoms with E-state index in [0.29, 0.717) is 6.42 Å². The van der Waals surface area contributed by atoms with E-state index in [2.05, 4.69) is 10.8 Å². The zero-order chi connectivity index (χ0) is 9.03. The molecule has 0 radical (unpaired) electrons. The largest absolute Gasteiger partial charge is 0.286 e. The van der Waals surface area contributed by atoms with Crippen LogP contribution < -0.4 is 0 Å². The summed E-state index contributed by atoms with van der Waals surface area (Å²) in [6.45, 7) is 0. The number of hydrogen-bond acceptors (Lipinski definition) is 2. The highest BCUT2D eigenvalue weighted by molar-refractivity contribution is 8.22. The van der Waals surface area contributed by atoms with Gasteiger partial charge in [-0.25, -0.2) is 10.9 Å². The van der Waals surface area contributed by atoms with Gasteiger partial charge in [0, 0.05) is 0 Å². The van der Waals surface area contributed by atoms with E-state index >= 15 is 0 Å². The smallest absolute Gasteiger partial charge is 0.264 e. The normalized spacial score (nSPS) is 18.9. The molecule has 0 atom stereocenters. The van der Waals surface area contributed by atoms with Crippen molar-refractivity contribution in [1.82, 2.24) is 0 Å². The standard InChI is InChI=1S/C7H12O3S2/c8-12(9,10)7-3-6-11-4-1-2-5-11/h1-2,4-5,11H,3,6-7H2,(H,8,9,10).